The molecule has 1 atom stereocenters. The first kappa shape index (κ1) is 18.0. The van der Waals surface area contributed by atoms with E-state index >= 15 is 0 Å². The van der Waals surface area contributed by atoms with Crippen LogP contribution in [0.2, 0.25) is 15.1 Å². The predicted octanol–water partition coefficient (Wildman–Crippen LogP) is 2.98. The highest BCUT2D eigenvalue weighted by molar-refractivity contribution is 6.43. The molecule has 1 saturated heterocycles. The lowest BCUT2D eigenvalue weighted by molar-refractivity contribution is -0.123. The van der Waals surface area contributed by atoms with Crippen LogP contribution in [-0.2, 0) is 9.53 Å². The number of hydrogen-bond acceptors (Lipinski definition) is 4. The normalized spacial score (nSPS) is 17.0. The first-order valence-corrected chi connectivity index (χ1v) is 7.93. The van der Waals surface area contributed by atoms with E-state index in [2.05, 4.69) is 10.1 Å². The summed E-state index contributed by atoms with van der Waals surface area (Å²) in [6.45, 7) is 0.732. The summed E-state index contributed by atoms with van der Waals surface area (Å²) in [7, 11) is 1.32. The minimum Gasteiger partial charge on any atom is -0.482 e. The van der Waals surface area contributed by atoms with Crippen LogP contribution in [0.5, 0.6) is 5.75 Å². The molecule has 126 valence electrons. The topological polar surface area (TPSA) is 67.9 Å². The zero-order valence-electron chi connectivity index (χ0n) is 12.3. The van der Waals surface area contributed by atoms with Crippen molar-refractivity contribution in [2.75, 3.05) is 26.8 Å². The average molecular weight is 382 g/mol. The van der Waals surface area contributed by atoms with Gasteiger partial charge < -0.3 is 19.7 Å². The van der Waals surface area contributed by atoms with Gasteiger partial charge in [-0.1, -0.05) is 34.8 Å². The number of hydrogen-bond donors (Lipinski definition) is 1. The van der Waals surface area contributed by atoms with Crippen molar-refractivity contribution in [3.63, 3.8) is 0 Å². The number of nitrogens with one attached hydrogen (secondary N) is 1. The van der Waals surface area contributed by atoms with Crippen molar-refractivity contribution in [2.45, 2.75) is 12.5 Å². The Morgan fingerprint density at radius 2 is 1.96 bits per heavy atom. The molecule has 6 nitrogen and oxygen atoms in total. The number of ether oxygens (including phenoxy) is 2. The van der Waals surface area contributed by atoms with E-state index in [0.717, 1.165) is 0 Å². The third-order valence-corrected chi connectivity index (χ3v) is 4.34. The number of rotatable bonds is 4. The number of methoxy groups -OCH3 is 1. The largest absolute Gasteiger partial charge is 0.482 e. The number of carbonyl (C=O) groups is 2. The summed E-state index contributed by atoms with van der Waals surface area (Å²) < 4.78 is 9.99. The molecule has 9 heteroatoms. The highest BCUT2D eigenvalue weighted by atomic mass is 35.5. The lowest BCUT2D eigenvalue weighted by atomic mass is 10.2. The Labute approximate surface area is 148 Å². The van der Waals surface area contributed by atoms with E-state index in [1.54, 1.807) is 0 Å². The fourth-order valence-corrected chi connectivity index (χ4v) is 2.79. The molecular formula is C14H15Cl3N2O4. The lowest BCUT2D eigenvalue weighted by Gasteiger charge is -2.16. The van der Waals surface area contributed by atoms with Gasteiger partial charge in [0.2, 0.25) is 0 Å². The summed E-state index contributed by atoms with van der Waals surface area (Å²) in [6.07, 6.45) is 0.259. The summed E-state index contributed by atoms with van der Waals surface area (Å²) >= 11 is 17.7. The molecule has 0 radical (unpaired) electrons. The number of amides is 2. The SMILES string of the molecule is COC(=O)N1CCC(NC(=O)COc2cc(Cl)c(Cl)cc2Cl)C1. The van der Waals surface area contributed by atoms with Crippen molar-refractivity contribution in [1.29, 1.82) is 0 Å². The summed E-state index contributed by atoms with van der Waals surface area (Å²) in [6, 6.07) is 2.77. The molecule has 0 saturated carbocycles. The fourth-order valence-electron chi connectivity index (χ4n) is 2.20. The number of nitrogens with zero attached hydrogens (tertiary/aromatic N) is 1. The van der Waals surface area contributed by atoms with E-state index in [-0.39, 0.29) is 34.4 Å². The molecule has 1 heterocycles. The van der Waals surface area contributed by atoms with E-state index in [1.165, 1.54) is 24.1 Å². The monoisotopic (exact) mass is 380 g/mol. The smallest absolute Gasteiger partial charge is 0.409 e. The van der Waals surface area contributed by atoms with Gasteiger partial charge in [0, 0.05) is 25.2 Å². The first-order chi connectivity index (χ1) is 10.9. The quantitative estimate of drug-likeness (QED) is 0.814. The van der Waals surface area contributed by atoms with E-state index in [1.807, 2.05) is 0 Å². The molecule has 1 aliphatic rings. The fraction of sp³-hybridized carbons (Fsp3) is 0.429. The molecule has 0 spiro atoms. The molecule has 1 N–H and O–H groups in total. The Morgan fingerprint density at radius 1 is 1.26 bits per heavy atom. The van der Waals surface area contributed by atoms with E-state index in [0.29, 0.717) is 24.5 Å². The van der Waals surface area contributed by atoms with Crippen LogP contribution in [0.4, 0.5) is 4.79 Å². The number of likely N-dealkylation sites (tertiary alicyclic amines) is 1. The maximum atomic E-state index is 11.9. The van der Waals surface area contributed by atoms with Gasteiger partial charge in [-0.25, -0.2) is 4.79 Å². The molecule has 0 bridgehead atoms. The second-order valence-electron chi connectivity index (χ2n) is 4.95. The molecule has 1 aliphatic heterocycles. The molecule has 0 aromatic heterocycles. The molecule has 0 aliphatic carbocycles. The third kappa shape index (κ3) is 4.80. The highest BCUT2D eigenvalue weighted by Gasteiger charge is 2.27. The highest BCUT2D eigenvalue weighted by Crippen LogP contribution is 2.33. The third-order valence-electron chi connectivity index (χ3n) is 3.32. The van der Waals surface area contributed by atoms with Gasteiger partial charge in [0.15, 0.2) is 6.61 Å². The van der Waals surface area contributed by atoms with Gasteiger partial charge in [-0.15, -0.1) is 0 Å². The van der Waals surface area contributed by atoms with Crippen LogP contribution in [0.25, 0.3) is 0 Å². The van der Waals surface area contributed by atoms with E-state index in [4.69, 9.17) is 39.5 Å². The molecule has 1 unspecified atom stereocenters. The Hall–Kier alpha value is -1.37. The van der Waals surface area contributed by atoms with Crippen molar-refractivity contribution in [2.24, 2.45) is 0 Å². The lowest BCUT2D eigenvalue weighted by Crippen LogP contribution is -2.40. The Bertz CT molecular complexity index is 612. The van der Waals surface area contributed by atoms with Crippen molar-refractivity contribution in [3.05, 3.63) is 27.2 Å². The maximum absolute atomic E-state index is 11.9. The molecular weight excluding hydrogens is 367 g/mol. The zero-order chi connectivity index (χ0) is 17.0. The van der Waals surface area contributed by atoms with Crippen LogP contribution >= 0.6 is 34.8 Å². The summed E-state index contributed by atoms with van der Waals surface area (Å²) in [5, 5.41) is 3.65. The van der Waals surface area contributed by atoms with Gasteiger partial charge in [-0.05, 0) is 12.5 Å². The zero-order valence-corrected chi connectivity index (χ0v) is 14.5. The second kappa shape index (κ2) is 7.95. The average Bonchev–Trinajstić information content (AvgIpc) is 2.97. The molecule has 23 heavy (non-hydrogen) atoms. The standard InChI is InChI=1S/C14H15Cl3N2O4/c1-22-14(21)19-3-2-8(6-19)18-13(20)7-23-12-5-10(16)9(15)4-11(12)17/h4-5,8H,2-3,6-7H2,1H3,(H,18,20). The molecule has 2 amide bonds. The number of halogens is 3. The Kier molecular flexibility index (Phi) is 6.21. The number of carbonyl (C=O) groups excluding carboxylic acids is 2. The van der Waals surface area contributed by atoms with Gasteiger partial charge >= 0.3 is 6.09 Å². The van der Waals surface area contributed by atoms with Crippen molar-refractivity contribution in [3.8, 4) is 5.75 Å². The van der Waals surface area contributed by atoms with Crippen LogP contribution < -0.4 is 10.1 Å². The van der Waals surface area contributed by atoms with E-state index < -0.39 is 6.09 Å². The summed E-state index contributed by atoms with van der Waals surface area (Å²) in [5.74, 6) is -0.0392. The van der Waals surface area contributed by atoms with E-state index in [9.17, 15) is 9.59 Å². The van der Waals surface area contributed by atoms with Crippen molar-refractivity contribution in [1.82, 2.24) is 10.2 Å². The van der Waals surface area contributed by atoms with Crippen LogP contribution in [0.1, 0.15) is 6.42 Å². The van der Waals surface area contributed by atoms with Crippen LogP contribution in [0, 0.1) is 0 Å². The molecule has 2 rings (SSSR count). The van der Waals surface area contributed by atoms with Gasteiger partial charge in [0.05, 0.1) is 22.2 Å². The first-order valence-electron chi connectivity index (χ1n) is 6.80. The Balaban J connectivity index is 1.82. The van der Waals surface area contributed by atoms with Crippen LogP contribution in [0.3, 0.4) is 0 Å². The minimum atomic E-state index is -0.402. The van der Waals surface area contributed by atoms with Gasteiger partial charge in [0.1, 0.15) is 5.75 Å². The Morgan fingerprint density at radius 3 is 2.65 bits per heavy atom. The van der Waals surface area contributed by atoms with Gasteiger partial charge in [-0.3, -0.25) is 4.79 Å². The summed E-state index contributed by atoms with van der Waals surface area (Å²) in [4.78, 5) is 24.8. The second-order valence-corrected chi connectivity index (χ2v) is 6.18. The molecule has 1 aromatic rings. The van der Waals surface area contributed by atoms with Crippen molar-refractivity contribution < 1.29 is 19.1 Å². The van der Waals surface area contributed by atoms with Crippen LogP contribution in [0.15, 0.2) is 12.1 Å². The van der Waals surface area contributed by atoms with Gasteiger partial charge in [-0.2, -0.15) is 0 Å². The minimum absolute atomic E-state index is 0.130. The number of benzene rings is 1. The van der Waals surface area contributed by atoms with Gasteiger partial charge in [0.25, 0.3) is 5.91 Å². The van der Waals surface area contributed by atoms with Crippen molar-refractivity contribution >= 4 is 46.8 Å². The van der Waals surface area contributed by atoms with Crippen LogP contribution in [-0.4, -0.2) is 49.7 Å². The maximum Gasteiger partial charge on any atom is 0.409 e. The molecule has 1 aromatic carbocycles. The summed E-state index contributed by atoms with van der Waals surface area (Å²) in [5.41, 5.74) is 0. The molecule has 1 fully saturated rings. The predicted molar refractivity (Wildman–Crippen MR) is 87.5 cm³/mol.